The molecule has 2 saturated carbocycles. The van der Waals surface area contributed by atoms with Crippen LogP contribution in [-0.4, -0.2) is 25.3 Å². The Bertz CT molecular complexity index is 494. The first-order valence-electron chi connectivity index (χ1n) is 5.49. The maximum absolute atomic E-state index is 12.4. The number of fused-ring (bicyclic) bond motifs is 2. The first-order valence-corrected chi connectivity index (χ1v) is 6.90. The minimum atomic E-state index is -5.75. The molecule has 0 aromatic rings. The summed E-state index contributed by atoms with van der Waals surface area (Å²) in [6.07, 6.45) is 0.616. The summed E-state index contributed by atoms with van der Waals surface area (Å²) in [6, 6.07) is 0. The molecule has 0 radical (unpaired) electrons. The number of hydrogen-bond acceptors (Lipinski definition) is 4. The molecular weight excluding hydrogens is 273 g/mol. The molecule has 2 rings (SSSR count). The van der Waals surface area contributed by atoms with Crippen LogP contribution in [0.4, 0.5) is 13.2 Å². The van der Waals surface area contributed by atoms with Gasteiger partial charge >= 0.3 is 15.6 Å². The number of alkyl halides is 3. The lowest BCUT2D eigenvalue weighted by Gasteiger charge is -2.35. The standard InChI is InChI=1S/C10H13F3O4S/c1-8(2)6-3-4-9(8,7(14)5-6)17-18(15,16)10(11,12)13/h6H,3-5H2,1-2H3/t6-,9-/m0/s1. The van der Waals surface area contributed by atoms with Crippen LogP contribution in [-0.2, 0) is 19.1 Å². The first kappa shape index (κ1) is 13.8. The summed E-state index contributed by atoms with van der Waals surface area (Å²) in [5.41, 5.74) is -8.23. The molecule has 0 aliphatic heterocycles. The van der Waals surface area contributed by atoms with Gasteiger partial charge in [-0.05, 0) is 18.8 Å². The minimum absolute atomic E-state index is 0.0266. The molecule has 2 bridgehead atoms. The highest BCUT2D eigenvalue weighted by Crippen LogP contribution is 2.61. The van der Waals surface area contributed by atoms with Crippen molar-refractivity contribution in [1.29, 1.82) is 0 Å². The maximum atomic E-state index is 12.4. The predicted octanol–water partition coefficient (Wildman–Crippen LogP) is 2.00. The molecule has 2 aliphatic carbocycles. The Morgan fingerprint density at radius 2 is 1.89 bits per heavy atom. The molecule has 0 heterocycles. The van der Waals surface area contributed by atoms with Crippen molar-refractivity contribution in [3.63, 3.8) is 0 Å². The number of ketones is 1. The van der Waals surface area contributed by atoms with Gasteiger partial charge in [-0.25, -0.2) is 4.18 Å². The number of carbonyl (C=O) groups is 1. The fourth-order valence-corrected chi connectivity index (χ4v) is 3.93. The Balaban J connectivity index is 2.42. The lowest BCUT2D eigenvalue weighted by molar-refractivity contribution is -0.138. The fourth-order valence-electron chi connectivity index (χ4n) is 3.06. The topological polar surface area (TPSA) is 60.4 Å². The molecule has 4 nitrogen and oxygen atoms in total. The third kappa shape index (κ3) is 1.54. The number of rotatable bonds is 2. The molecule has 2 atom stereocenters. The zero-order valence-corrected chi connectivity index (χ0v) is 10.7. The van der Waals surface area contributed by atoms with Crippen molar-refractivity contribution >= 4 is 15.9 Å². The quantitative estimate of drug-likeness (QED) is 0.575. The molecular formula is C10H13F3O4S. The van der Waals surface area contributed by atoms with Gasteiger partial charge in [0.25, 0.3) is 0 Å². The minimum Gasteiger partial charge on any atom is -0.296 e. The average molecular weight is 286 g/mol. The third-order valence-corrected chi connectivity index (χ3v) is 5.39. The Morgan fingerprint density at radius 1 is 1.33 bits per heavy atom. The molecule has 0 spiro atoms. The highest BCUT2D eigenvalue weighted by Gasteiger charge is 2.69. The summed E-state index contributed by atoms with van der Waals surface area (Å²) in [7, 11) is -5.75. The molecule has 2 aliphatic rings. The van der Waals surface area contributed by atoms with E-state index >= 15 is 0 Å². The van der Waals surface area contributed by atoms with Gasteiger partial charge < -0.3 is 0 Å². The molecule has 18 heavy (non-hydrogen) atoms. The van der Waals surface area contributed by atoms with Crippen molar-refractivity contribution in [3.05, 3.63) is 0 Å². The van der Waals surface area contributed by atoms with Crippen molar-refractivity contribution < 1.29 is 30.6 Å². The smallest absolute Gasteiger partial charge is 0.296 e. The van der Waals surface area contributed by atoms with Crippen molar-refractivity contribution in [2.75, 3.05) is 0 Å². The van der Waals surface area contributed by atoms with E-state index in [2.05, 4.69) is 4.18 Å². The second-order valence-electron chi connectivity index (χ2n) is 5.39. The van der Waals surface area contributed by atoms with Crippen LogP contribution in [0.2, 0.25) is 0 Å². The van der Waals surface area contributed by atoms with Gasteiger partial charge in [-0.15, -0.1) is 0 Å². The summed E-state index contributed by atoms with van der Waals surface area (Å²) in [6.45, 7) is 3.17. The number of hydrogen-bond donors (Lipinski definition) is 0. The van der Waals surface area contributed by atoms with Crippen LogP contribution >= 0.6 is 0 Å². The van der Waals surface area contributed by atoms with Crippen LogP contribution in [0.3, 0.4) is 0 Å². The van der Waals surface area contributed by atoms with E-state index in [1.807, 2.05) is 0 Å². The normalized spacial score (nSPS) is 35.2. The van der Waals surface area contributed by atoms with Gasteiger partial charge in [0.15, 0.2) is 11.4 Å². The highest BCUT2D eigenvalue weighted by molar-refractivity contribution is 7.87. The van der Waals surface area contributed by atoms with Gasteiger partial charge in [-0.2, -0.15) is 21.6 Å². The monoisotopic (exact) mass is 286 g/mol. The summed E-state index contributed by atoms with van der Waals surface area (Å²) in [5, 5.41) is 0. The first-order chi connectivity index (χ1) is 7.94. The Labute approximate surface area is 103 Å². The number of carbonyl (C=O) groups excluding carboxylic acids is 1. The predicted molar refractivity (Wildman–Crippen MR) is 54.9 cm³/mol. The summed E-state index contributed by atoms with van der Waals surface area (Å²) in [5.74, 6) is -0.662. The van der Waals surface area contributed by atoms with Crippen molar-refractivity contribution in [3.8, 4) is 0 Å². The van der Waals surface area contributed by atoms with E-state index in [0.29, 0.717) is 6.42 Å². The van der Waals surface area contributed by atoms with Crippen LogP contribution in [0.1, 0.15) is 33.1 Å². The van der Waals surface area contributed by atoms with Gasteiger partial charge in [0.2, 0.25) is 0 Å². The van der Waals surface area contributed by atoms with Gasteiger partial charge in [0.05, 0.1) is 0 Å². The molecule has 8 heteroatoms. The van der Waals surface area contributed by atoms with Gasteiger partial charge in [-0.3, -0.25) is 4.79 Å². The molecule has 104 valence electrons. The molecule has 0 aromatic carbocycles. The van der Waals surface area contributed by atoms with Gasteiger partial charge in [0, 0.05) is 11.8 Å². The zero-order chi connectivity index (χ0) is 14.0. The Kier molecular flexibility index (Phi) is 2.66. The highest BCUT2D eigenvalue weighted by atomic mass is 32.2. The lowest BCUT2D eigenvalue weighted by atomic mass is 9.79. The fraction of sp³-hybridized carbons (Fsp3) is 0.900. The van der Waals surface area contributed by atoms with E-state index in [9.17, 15) is 26.4 Å². The van der Waals surface area contributed by atoms with Crippen molar-refractivity contribution in [2.24, 2.45) is 11.3 Å². The Hall–Kier alpha value is -0.630. The van der Waals surface area contributed by atoms with Crippen LogP contribution in [0.25, 0.3) is 0 Å². The van der Waals surface area contributed by atoms with E-state index in [4.69, 9.17) is 0 Å². The van der Waals surface area contributed by atoms with E-state index in [-0.39, 0.29) is 18.8 Å². The number of halogens is 3. The van der Waals surface area contributed by atoms with Crippen LogP contribution < -0.4 is 0 Å². The molecule has 2 fully saturated rings. The summed E-state index contributed by atoms with van der Waals surface area (Å²) < 4.78 is 63.7. The van der Waals surface area contributed by atoms with Gasteiger partial charge in [0.1, 0.15) is 0 Å². The summed E-state index contributed by atoms with van der Waals surface area (Å²) in [4.78, 5) is 11.8. The largest absolute Gasteiger partial charge is 0.523 e. The van der Waals surface area contributed by atoms with E-state index in [1.54, 1.807) is 13.8 Å². The maximum Gasteiger partial charge on any atom is 0.523 e. The summed E-state index contributed by atoms with van der Waals surface area (Å²) >= 11 is 0. The molecule has 0 N–H and O–H groups in total. The zero-order valence-electron chi connectivity index (χ0n) is 9.87. The third-order valence-electron chi connectivity index (χ3n) is 4.32. The molecule has 0 aromatic heterocycles. The second kappa shape index (κ2) is 3.47. The van der Waals surface area contributed by atoms with E-state index in [0.717, 1.165) is 0 Å². The van der Waals surface area contributed by atoms with E-state index in [1.165, 1.54) is 0 Å². The van der Waals surface area contributed by atoms with E-state index < -0.39 is 32.4 Å². The molecule has 0 unspecified atom stereocenters. The van der Waals surface area contributed by atoms with Crippen molar-refractivity contribution in [1.82, 2.24) is 0 Å². The number of Topliss-reactive ketones (excluding diaryl/α,β-unsaturated/α-hetero) is 1. The molecule has 0 saturated heterocycles. The second-order valence-corrected chi connectivity index (χ2v) is 6.93. The SMILES string of the molecule is CC1(C)[C@H]2CC[C@]1(OS(=O)(=O)C(F)(F)F)C(=O)C2. The lowest BCUT2D eigenvalue weighted by Crippen LogP contribution is -2.49. The average Bonchev–Trinajstić information content (AvgIpc) is 2.48. The van der Waals surface area contributed by atoms with Crippen molar-refractivity contribution in [2.45, 2.75) is 44.2 Å². The van der Waals surface area contributed by atoms with Crippen LogP contribution in [0.5, 0.6) is 0 Å². The molecule has 0 amide bonds. The van der Waals surface area contributed by atoms with Gasteiger partial charge in [-0.1, -0.05) is 13.8 Å². The van der Waals surface area contributed by atoms with Crippen LogP contribution in [0.15, 0.2) is 0 Å². The van der Waals surface area contributed by atoms with Crippen LogP contribution in [0, 0.1) is 11.3 Å². The Morgan fingerprint density at radius 3 is 2.22 bits per heavy atom.